The average Bonchev–Trinajstić information content (AvgIpc) is 2.88. The van der Waals surface area contributed by atoms with Gasteiger partial charge in [-0.15, -0.1) is 0 Å². The average molecular weight is 450 g/mol. The molecule has 0 saturated carbocycles. The quantitative estimate of drug-likeness (QED) is 0.400. The minimum absolute atomic E-state index is 0.0276. The number of hydrogen-bond acceptors (Lipinski definition) is 8. The minimum atomic E-state index is -2.94. The molecular weight excluding hydrogens is 419 g/mol. The molecule has 1 aliphatic rings. The molecule has 11 heteroatoms. The smallest absolute Gasteiger partial charge is 0.349 e. The first-order valence-corrected chi connectivity index (χ1v) is 15.2. The van der Waals surface area contributed by atoms with Gasteiger partial charge < -0.3 is 26.5 Å². The molecule has 1 unspecified atom stereocenters. The van der Waals surface area contributed by atoms with E-state index in [-0.39, 0.29) is 11.6 Å². The van der Waals surface area contributed by atoms with Gasteiger partial charge in [0.05, 0.1) is 13.3 Å². The molecule has 1 aliphatic heterocycles. The largest absolute Gasteiger partial charge is 0.858 e. The number of ether oxygens (including phenoxy) is 1. The van der Waals surface area contributed by atoms with Crippen LogP contribution in [0.15, 0.2) is 11.0 Å². The third kappa shape index (κ3) is 5.78. The molecule has 1 aromatic heterocycles. The van der Waals surface area contributed by atoms with Crippen molar-refractivity contribution in [2.45, 2.75) is 70.7 Å². The molecule has 28 heavy (non-hydrogen) atoms. The van der Waals surface area contributed by atoms with Gasteiger partial charge in [-0.25, -0.2) is 19.2 Å². The van der Waals surface area contributed by atoms with Gasteiger partial charge in [0, 0.05) is 12.6 Å². The van der Waals surface area contributed by atoms with Gasteiger partial charge in [-0.1, -0.05) is 20.8 Å². The van der Waals surface area contributed by atoms with Crippen molar-refractivity contribution in [3.05, 3.63) is 22.2 Å². The zero-order valence-corrected chi connectivity index (χ0v) is 20.2. The normalized spacial score (nSPS) is 25.7. The van der Waals surface area contributed by atoms with Crippen LogP contribution in [0.1, 0.15) is 39.0 Å². The predicted octanol–water partition coefficient (Wildman–Crippen LogP) is 2.25. The van der Waals surface area contributed by atoms with Gasteiger partial charge >= 0.3 is 5.69 Å². The Labute approximate surface area is 173 Å². The number of nitrogens with zero attached hydrogens (tertiary/aromatic N) is 2. The second-order valence-corrected chi connectivity index (χ2v) is 17.5. The summed E-state index contributed by atoms with van der Waals surface area (Å²) < 4.78 is 19.3. The lowest BCUT2D eigenvalue weighted by Gasteiger charge is -2.37. The molecule has 0 aromatic carbocycles. The molecule has 4 atom stereocenters. The highest BCUT2D eigenvalue weighted by molar-refractivity contribution is 8.37. The van der Waals surface area contributed by atoms with E-state index in [2.05, 4.69) is 38.8 Å². The van der Waals surface area contributed by atoms with Crippen LogP contribution in [0, 0.1) is 6.92 Å². The van der Waals surface area contributed by atoms with Gasteiger partial charge in [-0.3, -0.25) is 4.57 Å². The summed E-state index contributed by atoms with van der Waals surface area (Å²) in [6, 6.07) is 0. The maximum atomic E-state index is 12.2. The molecule has 2 rings (SSSR count). The molecule has 1 fully saturated rings. The van der Waals surface area contributed by atoms with E-state index in [0.29, 0.717) is 12.0 Å². The topological polar surface area (TPSA) is 106 Å². The Hall–Kier alpha value is -0.483. The van der Waals surface area contributed by atoms with Gasteiger partial charge in [-0.05, 0) is 36.5 Å². The summed E-state index contributed by atoms with van der Waals surface area (Å²) in [5.74, 6) is -0.552. The molecule has 0 spiro atoms. The monoisotopic (exact) mass is 449 g/mol. The molecule has 2 heterocycles. The Morgan fingerprint density at radius 1 is 1.50 bits per heavy atom. The Bertz CT molecular complexity index is 761. The zero-order valence-electron chi connectivity index (χ0n) is 17.5. The van der Waals surface area contributed by atoms with Crippen molar-refractivity contribution in [2.75, 3.05) is 13.3 Å². The molecular formula is C17H30N2O6PSSi-. The number of aromatic nitrogens is 2. The summed E-state index contributed by atoms with van der Waals surface area (Å²) in [4.78, 5) is 25.7. The van der Waals surface area contributed by atoms with Gasteiger partial charge in [0.15, 0.2) is 15.2 Å². The van der Waals surface area contributed by atoms with Crippen molar-refractivity contribution in [2.24, 2.45) is 0 Å². The van der Waals surface area contributed by atoms with E-state index in [4.69, 9.17) is 25.9 Å². The first-order chi connectivity index (χ1) is 12.6. The van der Waals surface area contributed by atoms with Crippen molar-refractivity contribution < 1.29 is 23.7 Å². The van der Waals surface area contributed by atoms with E-state index in [9.17, 15) is 14.8 Å². The van der Waals surface area contributed by atoms with Gasteiger partial charge in [0.25, 0.3) is 0 Å². The van der Waals surface area contributed by atoms with Crippen molar-refractivity contribution in [1.82, 2.24) is 9.55 Å². The van der Waals surface area contributed by atoms with Crippen LogP contribution in [-0.4, -0.2) is 48.2 Å². The Kier molecular flexibility index (Phi) is 7.08. The zero-order chi connectivity index (χ0) is 21.5. The summed E-state index contributed by atoms with van der Waals surface area (Å²) in [6.07, 6.45) is 0.0657. The van der Waals surface area contributed by atoms with Crippen molar-refractivity contribution >= 4 is 27.5 Å². The predicted molar refractivity (Wildman–Crippen MR) is 112 cm³/mol. The van der Waals surface area contributed by atoms with E-state index in [1.165, 1.54) is 17.4 Å². The third-order valence-corrected chi connectivity index (χ3v) is 10.7. The molecule has 1 saturated heterocycles. The van der Waals surface area contributed by atoms with Crippen LogP contribution in [0.3, 0.4) is 0 Å². The van der Waals surface area contributed by atoms with Crippen molar-refractivity contribution in [3.8, 4) is 5.88 Å². The number of rotatable bonds is 6. The third-order valence-electron chi connectivity index (χ3n) is 5.32. The molecule has 0 bridgehead atoms. The Morgan fingerprint density at radius 3 is 2.64 bits per heavy atom. The highest BCUT2D eigenvalue weighted by Gasteiger charge is 2.44. The van der Waals surface area contributed by atoms with E-state index in [0.717, 1.165) is 0 Å². The maximum absolute atomic E-state index is 12.2. The lowest BCUT2D eigenvalue weighted by molar-refractivity contribution is -0.276. The Balaban J connectivity index is 2.23. The molecule has 160 valence electrons. The molecule has 0 radical (unpaired) electrons. The molecule has 0 aliphatic carbocycles. The highest BCUT2D eigenvalue weighted by Crippen LogP contribution is 2.53. The van der Waals surface area contributed by atoms with Crippen LogP contribution in [0.25, 0.3) is 0 Å². The fraction of sp³-hybridized carbons (Fsp3) is 0.765. The van der Waals surface area contributed by atoms with Gasteiger partial charge in [-0.2, -0.15) is 0 Å². The van der Waals surface area contributed by atoms with E-state index in [1.54, 1.807) is 6.92 Å². The summed E-state index contributed by atoms with van der Waals surface area (Å²) in [7, 11) is -2.03. The summed E-state index contributed by atoms with van der Waals surface area (Å²) in [5, 5.41) is 11.6. The van der Waals surface area contributed by atoms with Crippen molar-refractivity contribution in [1.29, 1.82) is 0 Å². The number of aryl methyl sites for hydroxylation is 1. The number of hydrogen-bond donors (Lipinski definition) is 1. The standard InChI is InChI=1S/C17H31N2O6PSSi/c1-11-9-19(16(21)18-15(11)20)14-8-12(25-26(5,22)27)13(24-14)10-23-28(6,7)17(2,3)4/h9,12-14H,8,10H2,1-7H3,(H,22,27)(H,18,20,21)/p-1/t12-,13+,14+,26?/m0/s1. The van der Waals surface area contributed by atoms with Gasteiger partial charge in [0.1, 0.15) is 18.4 Å². The molecule has 0 amide bonds. The first kappa shape index (κ1) is 23.8. The van der Waals surface area contributed by atoms with Gasteiger partial charge in [0.2, 0.25) is 0 Å². The van der Waals surface area contributed by atoms with Crippen LogP contribution >= 0.6 is 6.92 Å². The van der Waals surface area contributed by atoms with Crippen molar-refractivity contribution in [3.63, 3.8) is 0 Å². The van der Waals surface area contributed by atoms with E-state index in [1.807, 2.05) is 0 Å². The lowest BCUT2D eigenvalue weighted by Crippen LogP contribution is -2.44. The summed E-state index contributed by atoms with van der Waals surface area (Å²) in [5.41, 5.74) is -0.324. The van der Waals surface area contributed by atoms with Crippen LogP contribution in [0.4, 0.5) is 0 Å². The van der Waals surface area contributed by atoms with E-state index >= 15 is 0 Å². The molecule has 1 aromatic rings. The molecule has 1 N–H and O–H groups in total. The highest BCUT2D eigenvalue weighted by atomic mass is 32.7. The van der Waals surface area contributed by atoms with E-state index < -0.39 is 45.2 Å². The maximum Gasteiger partial charge on any atom is 0.349 e. The van der Waals surface area contributed by atoms with Crippen LogP contribution in [-0.2, 0) is 25.9 Å². The van der Waals surface area contributed by atoms with Crippen LogP contribution in [0.5, 0.6) is 5.88 Å². The summed E-state index contributed by atoms with van der Waals surface area (Å²) in [6.45, 7) is 11.1. The second-order valence-electron chi connectivity index (χ2n) is 8.80. The lowest BCUT2D eigenvalue weighted by atomic mass is 10.2. The minimum Gasteiger partial charge on any atom is -0.858 e. The fourth-order valence-electron chi connectivity index (χ4n) is 2.65. The second kappa shape index (κ2) is 8.33. The van der Waals surface area contributed by atoms with Crippen LogP contribution in [0.2, 0.25) is 18.1 Å². The first-order valence-electron chi connectivity index (χ1n) is 9.15. The fourth-order valence-corrected chi connectivity index (χ4v) is 4.72. The Morgan fingerprint density at radius 2 is 2.11 bits per heavy atom. The summed E-state index contributed by atoms with van der Waals surface area (Å²) >= 11 is 5.04. The molecule has 8 nitrogen and oxygen atoms in total. The van der Waals surface area contributed by atoms with Crippen LogP contribution < -0.4 is 10.8 Å². The SMILES string of the molecule is Cc1cn([C@H]2C[C@H](O[P+](C)(O)[S-])[C@@H](CO[Si](C)(C)C(C)(C)C)O2)c(=O)nc1[O-].